The van der Waals surface area contributed by atoms with E-state index >= 15 is 0 Å². The molecule has 5 rings (SSSR count). The van der Waals surface area contributed by atoms with Crippen LogP contribution in [-0.2, 0) is 25.7 Å². The van der Waals surface area contributed by atoms with Crippen LogP contribution in [0.5, 0.6) is 11.5 Å². The van der Waals surface area contributed by atoms with E-state index in [9.17, 15) is 24.5 Å². The third-order valence-corrected chi connectivity index (χ3v) is 13.2. The van der Waals surface area contributed by atoms with Gasteiger partial charge in [-0.2, -0.15) is 0 Å². The first kappa shape index (κ1) is 52.0. The van der Waals surface area contributed by atoms with Crippen LogP contribution in [0.3, 0.4) is 0 Å². The van der Waals surface area contributed by atoms with Crippen LogP contribution in [0, 0.1) is 23.6 Å². The Hall–Kier alpha value is -4.01. The molecular weight excluding hydrogens is 832 g/mol. The fourth-order valence-electron chi connectivity index (χ4n) is 10.2. The van der Waals surface area contributed by atoms with Crippen LogP contribution in [0.2, 0.25) is 0 Å². The van der Waals surface area contributed by atoms with Crippen molar-refractivity contribution in [2.45, 2.75) is 140 Å². The van der Waals surface area contributed by atoms with Gasteiger partial charge >= 0.3 is 6.09 Å². The second kappa shape index (κ2) is 28.2. The highest BCUT2D eigenvalue weighted by atomic mass is 19.1. The van der Waals surface area contributed by atoms with E-state index < -0.39 is 23.8 Å². The SMILES string of the molecule is C=CCO[C@@]12Oc3ccc(OCc4ccccc4F)cc3[C@H]3[C@H](CCCCO)[C@@H](CCCCO)C=C(C(=NOC)C[C@@H]1N(CCOCCO)C(=O)OCCCCCCCCCCCC)[C@H]32. The van der Waals surface area contributed by atoms with Crippen LogP contribution >= 0.6 is 0 Å². The molecule has 1 saturated carbocycles. The number of halogens is 1. The molecule has 2 aromatic carbocycles. The van der Waals surface area contributed by atoms with Crippen molar-refractivity contribution in [3.63, 3.8) is 0 Å². The number of oxime groups is 1. The number of benzene rings is 2. The van der Waals surface area contributed by atoms with Crippen molar-refractivity contribution in [2.24, 2.45) is 22.9 Å². The van der Waals surface area contributed by atoms with Crippen molar-refractivity contribution in [1.82, 2.24) is 4.90 Å². The monoisotopic (exact) mass is 909 g/mol. The summed E-state index contributed by atoms with van der Waals surface area (Å²) in [5.41, 5.74) is 2.90. The molecule has 6 atom stereocenters. The molecule has 1 amide bonds. The molecule has 2 aliphatic carbocycles. The van der Waals surface area contributed by atoms with E-state index in [0.29, 0.717) is 35.6 Å². The third-order valence-electron chi connectivity index (χ3n) is 13.2. The quantitative estimate of drug-likeness (QED) is 0.0368. The van der Waals surface area contributed by atoms with Crippen LogP contribution in [0.25, 0.3) is 0 Å². The third kappa shape index (κ3) is 14.2. The van der Waals surface area contributed by atoms with Gasteiger partial charge in [-0.25, -0.2) is 9.18 Å². The Balaban J connectivity index is 1.56. The van der Waals surface area contributed by atoms with Crippen LogP contribution in [0.4, 0.5) is 9.18 Å². The molecule has 0 unspecified atom stereocenters. The lowest BCUT2D eigenvalue weighted by atomic mass is 9.55. The second-order valence-electron chi connectivity index (χ2n) is 17.7. The minimum atomic E-state index is -1.47. The predicted molar refractivity (Wildman–Crippen MR) is 251 cm³/mol. The molecule has 2 aromatic rings. The van der Waals surface area contributed by atoms with Crippen molar-refractivity contribution in [3.05, 3.63) is 83.7 Å². The molecule has 0 spiro atoms. The first-order valence-electron chi connectivity index (χ1n) is 24.5. The van der Waals surface area contributed by atoms with Crippen LogP contribution < -0.4 is 9.47 Å². The minimum absolute atomic E-state index is 0.0114. The maximum Gasteiger partial charge on any atom is 0.410 e. The highest BCUT2D eigenvalue weighted by molar-refractivity contribution is 6.03. The van der Waals surface area contributed by atoms with E-state index in [2.05, 4.69) is 24.7 Å². The fourth-order valence-corrected chi connectivity index (χ4v) is 10.2. The van der Waals surface area contributed by atoms with Crippen molar-refractivity contribution >= 4 is 11.8 Å². The number of allylic oxidation sites excluding steroid dienone is 1. The number of hydrogen-bond acceptors (Lipinski definition) is 11. The zero-order valence-corrected chi connectivity index (χ0v) is 39.1. The van der Waals surface area contributed by atoms with Gasteiger partial charge in [0.25, 0.3) is 0 Å². The summed E-state index contributed by atoms with van der Waals surface area (Å²) in [4.78, 5) is 21.8. The van der Waals surface area contributed by atoms with Gasteiger partial charge in [0.2, 0.25) is 5.79 Å². The second-order valence-corrected chi connectivity index (χ2v) is 17.7. The van der Waals surface area contributed by atoms with Crippen molar-refractivity contribution in [2.75, 3.05) is 59.9 Å². The maximum absolute atomic E-state index is 14.8. The number of carbonyl (C=O) groups is 1. The highest BCUT2D eigenvalue weighted by Crippen LogP contribution is 2.62. The maximum atomic E-state index is 14.8. The first-order valence-corrected chi connectivity index (χ1v) is 24.5. The highest BCUT2D eigenvalue weighted by Gasteiger charge is 2.65. The molecule has 0 radical (unpaired) electrons. The lowest BCUT2D eigenvalue weighted by Gasteiger charge is -2.59. The molecular formula is C52H77FN2O10. The number of unbranched alkanes of at least 4 members (excludes halogenated alkanes) is 11. The van der Waals surface area contributed by atoms with E-state index in [1.807, 2.05) is 18.2 Å². The number of aliphatic hydroxyl groups is 3. The van der Waals surface area contributed by atoms with Gasteiger partial charge < -0.3 is 43.8 Å². The molecule has 65 heavy (non-hydrogen) atoms. The number of fused-ring (bicyclic) bond motifs is 2. The number of amides is 1. The summed E-state index contributed by atoms with van der Waals surface area (Å²) >= 11 is 0. The molecule has 1 aliphatic heterocycles. The Morgan fingerprint density at radius 1 is 0.908 bits per heavy atom. The summed E-state index contributed by atoms with van der Waals surface area (Å²) < 4.78 is 47.2. The Bertz CT molecular complexity index is 1790. The molecule has 362 valence electrons. The zero-order chi connectivity index (χ0) is 46.3. The van der Waals surface area contributed by atoms with E-state index in [1.165, 1.54) is 58.1 Å². The summed E-state index contributed by atoms with van der Waals surface area (Å²) in [5.74, 6) is -1.42. The summed E-state index contributed by atoms with van der Waals surface area (Å²) in [6, 6.07) is 11.4. The minimum Gasteiger partial charge on any atom is -0.489 e. The summed E-state index contributed by atoms with van der Waals surface area (Å²) in [6.45, 7) is 7.01. The molecule has 0 aromatic heterocycles. The summed E-state index contributed by atoms with van der Waals surface area (Å²) in [7, 11) is 1.52. The molecule has 1 heterocycles. The van der Waals surface area contributed by atoms with Crippen LogP contribution in [0.1, 0.15) is 133 Å². The lowest BCUT2D eigenvalue weighted by molar-refractivity contribution is -0.256. The molecule has 3 aliphatic rings. The standard InChI is InChI=1S/C52H77FN2O10/c1-4-6-7-8-9-10-11-12-13-20-32-62-51(59)55(27-33-61-34-30-58)48-37-46(54-60-3)43-35-39(21-16-18-28-56)42(23-17-19-29-57)49-44-36-41(63-38-40-22-14-15-24-45(40)53)25-26-47(44)65-52(48,50(43)49)64-31-5-2/h5,14-15,22,24-26,35-36,39,42,48-50,56-58H,2,4,6-13,16-21,23,27-34,37-38H2,1,3H3/t39-,42+,48-,49+,50+,52+/m0/s1. The molecule has 13 heteroatoms. The number of ether oxygens (including phenoxy) is 5. The van der Waals surface area contributed by atoms with E-state index in [0.717, 1.165) is 56.1 Å². The Kier molecular flexibility index (Phi) is 22.6. The van der Waals surface area contributed by atoms with E-state index in [1.54, 1.807) is 29.2 Å². The topological polar surface area (TPSA) is 149 Å². The Morgan fingerprint density at radius 3 is 2.32 bits per heavy atom. The normalized spacial score (nSPS) is 22.6. The lowest BCUT2D eigenvalue weighted by Crippen LogP contribution is -2.70. The molecule has 0 bridgehead atoms. The Morgan fingerprint density at radius 2 is 1.63 bits per heavy atom. The number of aliphatic hydroxyl groups excluding tert-OH is 3. The van der Waals surface area contributed by atoms with E-state index in [-0.39, 0.29) is 89.4 Å². The van der Waals surface area contributed by atoms with Crippen molar-refractivity contribution in [1.29, 1.82) is 0 Å². The number of nitrogens with zero attached hydrogens (tertiary/aromatic N) is 2. The summed E-state index contributed by atoms with van der Waals surface area (Å²) in [6.07, 6.45) is 19.7. The van der Waals surface area contributed by atoms with Gasteiger partial charge in [0.05, 0.1) is 44.7 Å². The zero-order valence-electron chi connectivity index (χ0n) is 39.1. The number of carbonyl (C=O) groups excluding carboxylic acids is 1. The average molecular weight is 909 g/mol. The van der Waals surface area contributed by atoms with Gasteiger partial charge in [0.15, 0.2) is 0 Å². The van der Waals surface area contributed by atoms with Gasteiger partial charge in [-0.3, -0.25) is 4.90 Å². The molecule has 12 nitrogen and oxygen atoms in total. The predicted octanol–water partition coefficient (Wildman–Crippen LogP) is 10.0. The van der Waals surface area contributed by atoms with Crippen LogP contribution in [-0.4, -0.2) is 104 Å². The van der Waals surface area contributed by atoms with Gasteiger partial charge in [0.1, 0.15) is 37.1 Å². The number of hydrogen-bond donors (Lipinski definition) is 3. The van der Waals surface area contributed by atoms with Crippen molar-refractivity contribution in [3.8, 4) is 11.5 Å². The summed E-state index contributed by atoms with van der Waals surface area (Å²) in [5, 5.41) is 34.0. The molecule has 0 saturated heterocycles. The Labute approximate surface area is 387 Å². The van der Waals surface area contributed by atoms with Crippen LogP contribution in [0.15, 0.2) is 71.9 Å². The number of rotatable bonds is 32. The van der Waals surface area contributed by atoms with Gasteiger partial charge in [0, 0.05) is 43.2 Å². The largest absolute Gasteiger partial charge is 0.489 e. The van der Waals surface area contributed by atoms with Gasteiger partial charge in [-0.1, -0.05) is 113 Å². The fraction of sp³-hybridized carbons (Fsp3) is 0.654. The molecule has 3 N–H and O–H groups in total. The smallest absolute Gasteiger partial charge is 0.410 e. The first-order chi connectivity index (χ1) is 31.9. The van der Waals surface area contributed by atoms with E-state index in [4.69, 9.17) is 28.5 Å². The van der Waals surface area contributed by atoms with Crippen molar-refractivity contribution < 1.29 is 53.0 Å². The van der Waals surface area contributed by atoms with Gasteiger partial charge in [-0.15, -0.1) is 6.58 Å². The van der Waals surface area contributed by atoms with Gasteiger partial charge in [-0.05, 0) is 73.8 Å². The molecule has 1 fully saturated rings. The average Bonchev–Trinajstić information content (AvgIpc) is 3.31.